The zero-order chi connectivity index (χ0) is 12.4. The Morgan fingerprint density at radius 3 is 2.82 bits per heavy atom. The summed E-state index contributed by atoms with van der Waals surface area (Å²) in [4.78, 5) is 16.1. The van der Waals surface area contributed by atoms with Crippen molar-refractivity contribution >= 4 is 40.3 Å². The Balaban J connectivity index is 2.03. The molecule has 0 fully saturated rings. The maximum absolute atomic E-state index is 11.9. The Morgan fingerprint density at radius 2 is 2.29 bits per heavy atom. The molecule has 0 amide bonds. The second-order valence-corrected chi connectivity index (χ2v) is 5.90. The lowest BCUT2D eigenvalue weighted by Crippen LogP contribution is -2.04. The minimum absolute atomic E-state index is 0.00106. The Kier molecular flexibility index (Phi) is 3.86. The zero-order valence-electron chi connectivity index (χ0n) is 9.11. The van der Waals surface area contributed by atoms with Crippen LogP contribution >= 0.6 is 34.5 Å². The van der Waals surface area contributed by atoms with Gasteiger partial charge in [-0.3, -0.25) is 4.79 Å². The Labute approximate surface area is 113 Å². The zero-order valence-corrected chi connectivity index (χ0v) is 11.4. The first-order valence-corrected chi connectivity index (χ1v) is 6.59. The molecule has 0 saturated heterocycles. The summed E-state index contributed by atoms with van der Waals surface area (Å²) in [5.74, 6) is 0.886. The van der Waals surface area contributed by atoms with Crippen LogP contribution in [-0.4, -0.2) is 15.3 Å². The normalized spacial score (nSPS) is 10.8. The molecule has 2 heterocycles. The summed E-state index contributed by atoms with van der Waals surface area (Å²) in [5, 5.41) is 0. The number of nitrogens with zero attached hydrogens (tertiary/aromatic N) is 2. The molecule has 2 aromatic heterocycles. The number of Topliss-reactive ketones (excluding diaryl/α,β-unsaturated/α-hetero) is 1. The highest BCUT2D eigenvalue weighted by atomic mass is 35.5. The van der Waals surface area contributed by atoms with Gasteiger partial charge in [0.15, 0.2) is 5.78 Å². The van der Waals surface area contributed by atoms with Crippen LogP contribution in [0.2, 0.25) is 8.67 Å². The van der Waals surface area contributed by atoms with Gasteiger partial charge in [-0.15, -0.1) is 11.3 Å². The number of rotatable bonds is 4. The maximum atomic E-state index is 11.9. The van der Waals surface area contributed by atoms with Crippen LogP contribution in [0.4, 0.5) is 0 Å². The van der Waals surface area contributed by atoms with Crippen molar-refractivity contribution in [1.29, 1.82) is 0 Å². The summed E-state index contributed by atoms with van der Waals surface area (Å²) in [6, 6.07) is 1.62. The predicted octanol–water partition coefficient (Wildman–Crippen LogP) is 3.60. The molecule has 0 bridgehead atoms. The molecule has 0 spiro atoms. The van der Waals surface area contributed by atoms with E-state index in [0.29, 0.717) is 27.1 Å². The van der Waals surface area contributed by atoms with E-state index < -0.39 is 0 Å². The van der Waals surface area contributed by atoms with E-state index >= 15 is 0 Å². The van der Waals surface area contributed by atoms with Gasteiger partial charge in [0.25, 0.3) is 0 Å². The SMILES string of the molecule is Cn1ccnc1CCC(=O)c1cc(Cl)sc1Cl. The largest absolute Gasteiger partial charge is 0.338 e. The standard InChI is InChI=1S/C11H10Cl2N2OS/c1-15-5-4-14-10(15)3-2-8(16)7-6-9(12)17-11(7)13/h4-6H,2-3H2,1H3. The molecule has 2 rings (SSSR count). The van der Waals surface area contributed by atoms with E-state index in [1.807, 2.05) is 17.8 Å². The third-order valence-electron chi connectivity index (χ3n) is 2.45. The van der Waals surface area contributed by atoms with Gasteiger partial charge in [-0.05, 0) is 6.07 Å². The second-order valence-electron chi connectivity index (χ2n) is 3.62. The van der Waals surface area contributed by atoms with Crippen molar-refractivity contribution in [2.75, 3.05) is 0 Å². The molecule has 0 radical (unpaired) electrons. The summed E-state index contributed by atoms with van der Waals surface area (Å²) in [5.41, 5.74) is 0.510. The van der Waals surface area contributed by atoms with Gasteiger partial charge in [0, 0.05) is 37.8 Å². The van der Waals surface area contributed by atoms with Crippen molar-refractivity contribution in [3.63, 3.8) is 0 Å². The van der Waals surface area contributed by atoms with Crippen molar-refractivity contribution in [2.45, 2.75) is 12.8 Å². The Hall–Kier alpha value is -0.840. The van der Waals surface area contributed by atoms with Crippen LogP contribution in [0, 0.1) is 0 Å². The lowest BCUT2D eigenvalue weighted by atomic mass is 10.1. The van der Waals surface area contributed by atoms with Crippen LogP contribution in [0.25, 0.3) is 0 Å². The van der Waals surface area contributed by atoms with Crippen LogP contribution in [0.1, 0.15) is 22.6 Å². The topological polar surface area (TPSA) is 34.9 Å². The van der Waals surface area contributed by atoms with Gasteiger partial charge in [-0.2, -0.15) is 0 Å². The van der Waals surface area contributed by atoms with Crippen LogP contribution < -0.4 is 0 Å². The highest BCUT2D eigenvalue weighted by Crippen LogP contribution is 2.32. The number of carbonyl (C=O) groups excluding carboxylic acids is 1. The number of aromatic nitrogens is 2. The first kappa shape index (κ1) is 12.6. The van der Waals surface area contributed by atoms with Crippen molar-refractivity contribution in [1.82, 2.24) is 9.55 Å². The molecule has 0 N–H and O–H groups in total. The fraction of sp³-hybridized carbons (Fsp3) is 0.273. The summed E-state index contributed by atoms with van der Waals surface area (Å²) in [7, 11) is 1.90. The molecular weight excluding hydrogens is 279 g/mol. The molecule has 90 valence electrons. The van der Waals surface area contributed by atoms with Crippen molar-refractivity contribution in [2.24, 2.45) is 7.05 Å². The van der Waals surface area contributed by atoms with E-state index in [1.54, 1.807) is 12.3 Å². The van der Waals surface area contributed by atoms with Gasteiger partial charge in [0.05, 0.1) is 4.34 Å². The van der Waals surface area contributed by atoms with Crippen LogP contribution in [-0.2, 0) is 13.5 Å². The van der Waals surface area contributed by atoms with E-state index in [1.165, 1.54) is 11.3 Å². The number of carbonyl (C=O) groups is 1. The first-order chi connectivity index (χ1) is 8.08. The van der Waals surface area contributed by atoms with E-state index in [4.69, 9.17) is 23.2 Å². The Bertz CT molecular complexity index is 547. The lowest BCUT2D eigenvalue weighted by Gasteiger charge is -2.00. The van der Waals surface area contributed by atoms with E-state index in [9.17, 15) is 4.79 Å². The number of imidazole rings is 1. The smallest absolute Gasteiger partial charge is 0.165 e. The summed E-state index contributed by atoms with van der Waals surface area (Å²) in [6.45, 7) is 0. The fourth-order valence-corrected chi connectivity index (χ4v) is 3.03. The molecule has 0 unspecified atom stereocenters. The minimum atomic E-state index is 0.00106. The van der Waals surface area contributed by atoms with Crippen LogP contribution in [0.5, 0.6) is 0 Å². The van der Waals surface area contributed by atoms with Gasteiger partial charge in [-0.25, -0.2) is 4.98 Å². The molecule has 0 aliphatic rings. The van der Waals surface area contributed by atoms with Gasteiger partial charge >= 0.3 is 0 Å². The fourth-order valence-electron chi connectivity index (χ4n) is 1.53. The summed E-state index contributed by atoms with van der Waals surface area (Å²) >= 11 is 12.9. The van der Waals surface area contributed by atoms with E-state index in [0.717, 1.165) is 5.82 Å². The highest BCUT2D eigenvalue weighted by molar-refractivity contribution is 7.20. The quantitative estimate of drug-likeness (QED) is 0.806. The molecule has 2 aromatic rings. The second kappa shape index (κ2) is 5.21. The molecule has 0 atom stereocenters. The lowest BCUT2D eigenvalue weighted by molar-refractivity contribution is 0.0982. The van der Waals surface area contributed by atoms with Crippen molar-refractivity contribution in [3.05, 3.63) is 38.5 Å². The molecular formula is C11H10Cl2N2OS. The molecule has 0 aliphatic carbocycles. The van der Waals surface area contributed by atoms with Gasteiger partial charge in [0.2, 0.25) is 0 Å². The number of halogens is 2. The molecule has 3 nitrogen and oxygen atoms in total. The summed E-state index contributed by atoms with van der Waals surface area (Å²) in [6.07, 6.45) is 4.56. The third-order valence-corrected chi connectivity index (χ3v) is 3.94. The number of thiophene rings is 1. The number of aryl methyl sites for hydroxylation is 2. The minimum Gasteiger partial charge on any atom is -0.338 e. The van der Waals surface area contributed by atoms with E-state index in [-0.39, 0.29) is 5.78 Å². The molecule has 17 heavy (non-hydrogen) atoms. The average Bonchev–Trinajstić information content (AvgIpc) is 2.81. The Morgan fingerprint density at radius 1 is 1.53 bits per heavy atom. The van der Waals surface area contributed by atoms with Crippen molar-refractivity contribution in [3.8, 4) is 0 Å². The van der Waals surface area contributed by atoms with Gasteiger partial charge in [0.1, 0.15) is 10.2 Å². The molecule has 0 aliphatic heterocycles. The molecule has 0 saturated carbocycles. The van der Waals surface area contributed by atoms with Gasteiger partial charge in [-0.1, -0.05) is 23.2 Å². The average molecular weight is 289 g/mol. The van der Waals surface area contributed by atoms with Gasteiger partial charge < -0.3 is 4.57 Å². The monoisotopic (exact) mass is 288 g/mol. The third kappa shape index (κ3) is 2.89. The number of hydrogen-bond acceptors (Lipinski definition) is 3. The highest BCUT2D eigenvalue weighted by Gasteiger charge is 2.14. The number of ketones is 1. The van der Waals surface area contributed by atoms with Crippen LogP contribution in [0.3, 0.4) is 0 Å². The first-order valence-electron chi connectivity index (χ1n) is 5.02. The van der Waals surface area contributed by atoms with E-state index in [2.05, 4.69) is 4.98 Å². The predicted molar refractivity (Wildman–Crippen MR) is 70.2 cm³/mol. The van der Waals surface area contributed by atoms with Crippen molar-refractivity contribution < 1.29 is 4.79 Å². The summed E-state index contributed by atoms with van der Waals surface area (Å²) < 4.78 is 2.89. The molecule has 6 heteroatoms. The maximum Gasteiger partial charge on any atom is 0.165 e. The molecule has 0 aromatic carbocycles. The van der Waals surface area contributed by atoms with Crippen LogP contribution in [0.15, 0.2) is 18.5 Å². The number of hydrogen-bond donors (Lipinski definition) is 0.